The fourth-order valence-corrected chi connectivity index (χ4v) is 9.70. The number of hydrogen-bond acceptors (Lipinski definition) is 10. The van der Waals surface area contributed by atoms with Crippen molar-refractivity contribution >= 4 is 11.9 Å². The summed E-state index contributed by atoms with van der Waals surface area (Å²) in [6.07, 6.45) is 59.7. The summed E-state index contributed by atoms with van der Waals surface area (Å²) >= 11 is 0. The van der Waals surface area contributed by atoms with E-state index in [4.69, 9.17) is 14.2 Å². The Morgan fingerprint density at radius 2 is 0.885 bits per heavy atom. The number of rotatable bonds is 54. The lowest BCUT2D eigenvalue weighted by molar-refractivity contribution is -0.305. The van der Waals surface area contributed by atoms with E-state index in [-0.39, 0.29) is 19.4 Å². The van der Waals surface area contributed by atoms with Gasteiger partial charge >= 0.3 is 5.97 Å². The monoisotopic (exact) mass is 1100 g/mol. The van der Waals surface area contributed by atoms with E-state index in [0.717, 1.165) is 64.2 Å². The Kier molecular flexibility index (Phi) is 51.3. The Bertz CT molecular complexity index is 1540. The van der Waals surface area contributed by atoms with Gasteiger partial charge in [0.15, 0.2) is 12.4 Å². The molecule has 0 aromatic heterocycles. The van der Waals surface area contributed by atoms with Gasteiger partial charge in [0.25, 0.3) is 0 Å². The third-order valence-electron chi connectivity index (χ3n) is 14.8. The van der Waals surface area contributed by atoms with E-state index in [0.29, 0.717) is 12.8 Å². The second-order valence-electron chi connectivity index (χ2n) is 22.1. The molecule has 8 atom stereocenters. The normalized spacial score (nSPS) is 19.4. The third-order valence-corrected chi connectivity index (χ3v) is 14.8. The SMILES string of the molecule is CCCCC/C=C\C/C=C\C/C=C\CCCCCCCCCCCCCCC(=O)OC1C(OCC(NC(=O)C(O)C/C=C/C/C=C\CCCCCCCC)C(O)/C=C/CCCCCCCCCCCC)OC(CO)C(O)C1O. The first-order chi connectivity index (χ1) is 38.2. The van der Waals surface area contributed by atoms with E-state index in [1.165, 1.54) is 167 Å². The molecule has 78 heavy (non-hydrogen) atoms. The van der Waals surface area contributed by atoms with Gasteiger partial charge in [-0.05, 0) is 77.0 Å². The molecule has 0 aromatic carbocycles. The van der Waals surface area contributed by atoms with Crippen LogP contribution in [0.25, 0.3) is 0 Å². The van der Waals surface area contributed by atoms with Crippen LogP contribution in [0.5, 0.6) is 0 Å². The molecule has 1 aliphatic heterocycles. The van der Waals surface area contributed by atoms with Crippen molar-refractivity contribution in [1.82, 2.24) is 5.32 Å². The molecule has 0 saturated carbocycles. The van der Waals surface area contributed by atoms with Crippen LogP contribution in [-0.4, -0.2) is 99.6 Å². The molecule has 1 amide bonds. The number of aliphatic hydroxyl groups excluding tert-OH is 5. The Balaban J connectivity index is 2.60. The largest absolute Gasteiger partial charge is 0.454 e. The van der Waals surface area contributed by atoms with Crippen molar-refractivity contribution in [3.8, 4) is 0 Å². The second kappa shape index (κ2) is 54.7. The molecule has 11 heteroatoms. The van der Waals surface area contributed by atoms with Crippen molar-refractivity contribution in [3.05, 3.63) is 72.9 Å². The van der Waals surface area contributed by atoms with Crippen LogP contribution < -0.4 is 5.32 Å². The zero-order chi connectivity index (χ0) is 56.8. The molecule has 0 bridgehead atoms. The molecule has 1 rings (SSSR count). The molecule has 1 fully saturated rings. The van der Waals surface area contributed by atoms with Crippen molar-refractivity contribution in [2.24, 2.45) is 0 Å². The summed E-state index contributed by atoms with van der Waals surface area (Å²) in [6, 6.07) is -1.06. The second-order valence-corrected chi connectivity index (χ2v) is 22.1. The summed E-state index contributed by atoms with van der Waals surface area (Å²) in [7, 11) is 0. The molecule has 0 aromatic rings. The van der Waals surface area contributed by atoms with Crippen molar-refractivity contribution < 1.29 is 49.3 Å². The number of nitrogens with one attached hydrogen (secondary N) is 1. The van der Waals surface area contributed by atoms with E-state index in [1.54, 1.807) is 12.2 Å². The van der Waals surface area contributed by atoms with Gasteiger partial charge in [0.05, 0.1) is 25.4 Å². The molecule has 6 N–H and O–H groups in total. The highest BCUT2D eigenvalue weighted by atomic mass is 16.7. The molecule has 1 heterocycles. The number of ether oxygens (including phenoxy) is 3. The van der Waals surface area contributed by atoms with Crippen LogP contribution in [0.4, 0.5) is 0 Å². The van der Waals surface area contributed by atoms with E-state index in [9.17, 15) is 35.1 Å². The molecule has 8 unspecified atom stereocenters. The molecule has 1 saturated heterocycles. The molecule has 1 aliphatic rings. The third kappa shape index (κ3) is 42.0. The summed E-state index contributed by atoms with van der Waals surface area (Å²) < 4.78 is 17.6. The maximum Gasteiger partial charge on any atom is 0.306 e. The van der Waals surface area contributed by atoms with E-state index >= 15 is 0 Å². The van der Waals surface area contributed by atoms with Gasteiger partial charge in [0, 0.05) is 12.8 Å². The van der Waals surface area contributed by atoms with Crippen LogP contribution in [0.1, 0.15) is 278 Å². The van der Waals surface area contributed by atoms with Crippen LogP contribution in [0.2, 0.25) is 0 Å². The fraction of sp³-hybridized carbons (Fsp3) is 0.791. The summed E-state index contributed by atoms with van der Waals surface area (Å²) in [5.41, 5.74) is 0. The molecule has 0 spiro atoms. The summed E-state index contributed by atoms with van der Waals surface area (Å²) in [5, 5.41) is 56.8. The molecular weight excluding hydrogens is 979 g/mol. The highest BCUT2D eigenvalue weighted by Gasteiger charge is 2.47. The van der Waals surface area contributed by atoms with Gasteiger partial charge in [-0.15, -0.1) is 0 Å². The molecule has 452 valence electrons. The van der Waals surface area contributed by atoms with Gasteiger partial charge < -0.3 is 45.1 Å². The van der Waals surface area contributed by atoms with Gasteiger partial charge in [-0.1, -0.05) is 261 Å². The number of carbonyl (C=O) groups is 2. The van der Waals surface area contributed by atoms with Gasteiger partial charge in [-0.3, -0.25) is 9.59 Å². The predicted octanol–water partition coefficient (Wildman–Crippen LogP) is 15.6. The molecule has 0 radical (unpaired) electrons. The number of carbonyl (C=O) groups excluding carboxylic acids is 2. The fourth-order valence-electron chi connectivity index (χ4n) is 9.70. The smallest absolute Gasteiger partial charge is 0.306 e. The summed E-state index contributed by atoms with van der Waals surface area (Å²) in [5.74, 6) is -1.27. The Morgan fingerprint density at radius 3 is 1.35 bits per heavy atom. The van der Waals surface area contributed by atoms with Crippen molar-refractivity contribution in [1.29, 1.82) is 0 Å². The average Bonchev–Trinajstić information content (AvgIpc) is 3.44. The Hall–Kier alpha value is -2.90. The molecule has 11 nitrogen and oxygen atoms in total. The van der Waals surface area contributed by atoms with E-state index in [1.807, 2.05) is 12.2 Å². The molecular formula is C67H119NO10. The lowest BCUT2D eigenvalue weighted by Crippen LogP contribution is -2.61. The Morgan fingerprint density at radius 1 is 0.500 bits per heavy atom. The first-order valence-corrected chi connectivity index (χ1v) is 32.2. The summed E-state index contributed by atoms with van der Waals surface area (Å²) in [4.78, 5) is 26.5. The zero-order valence-corrected chi connectivity index (χ0v) is 50.0. The van der Waals surface area contributed by atoms with Crippen molar-refractivity contribution in [2.75, 3.05) is 13.2 Å². The maximum absolute atomic E-state index is 13.3. The highest BCUT2D eigenvalue weighted by Crippen LogP contribution is 2.26. The zero-order valence-electron chi connectivity index (χ0n) is 50.0. The minimum Gasteiger partial charge on any atom is -0.454 e. The quantitative estimate of drug-likeness (QED) is 0.0195. The van der Waals surface area contributed by atoms with Crippen LogP contribution in [-0.2, 0) is 23.8 Å². The average molecular weight is 1100 g/mol. The van der Waals surface area contributed by atoms with Gasteiger partial charge in [0.2, 0.25) is 5.91 Å². The van der Waals surface area contributed by atoms with Gasteiger partial charge in [0.1, 0.15) is 24.4 Å². The number of allylic oxidation sites excluding steroid dienone is 10. The number of unbranched alkanes of at least 4 members (excludes halogenated alkanes) is 31. The number of hydrogen-bond donors (Lipinski definition) is 6. The van der Waals surface area contributed by atoms with Crippen LogP contribution in [0.15, 0.2) is 72.9 Å². The number of amides is 1. The van der Waals surface area contributed by atoms with E-state index < -0.39 is 67.4 Å². The van der Waals surface area contributed by atoms with Crippen LogP contribution in [0, 0.1) is 0 Å². The lowest BCUT2D eigenvalue weighted by Gasteiger charge is -2.41. The standard InChI is InChI=1S/C67H119NO10/c1-4-7-10-13-16-19-22-25-26-27-28-29-30-31-32-33-34-35-36-37-40-43-46-49-52-55-62(72)78-65-64(74)63(73)61(56-69)77-67(65)76-57-58(59(70)53-50-47-44-41-38-23-20-17-14-11-8-5-2)68-66(75)60(71)54-51-48-45-42-39-24-21-18-15-12-9-6-3/h16,19,25-26,28-29,39,42,48,50-51,53,58-61,63-65,67,69-71,73-74H,4-15,17-18,20-24,27,30-38,40-41,43-47,49,52,54-57H2,1-3H3,(H,68,75)/b19-16-,26-25-,29-28-,42-39-,51-48+,53-50+. The van der Waals surface area contributed by atoms with Gasteiger partial charge in [-0.25, -0.2) is 0 Å². The topological polar surface area (TPSA) is 175 Å². The highest BCUT2D eigenvalue weighted by molar-refractivity contribution is 5.81. The van der Waals surface area contributed by atoms with Crippen molar-refractivity contribution in [2.45, 2.75) is 327 Å². The van der Waals surface area contributed by atoms with Gasteiger partial charge in [-0.2, -0.15) is 0 Å². The summed E-state index contributed by atoms with van der Waals surface area (Å²) in [6.45, 7) is 5.71. The van der Waals surface area contributed by atoms with E-state index in [2.05, 4.69) is 74.7 Å². The maximum atomic E-state index is 13.3. The van der Waals surface area contributed by atoms with Crippen LogP contribution in [0.3, 0.4) is 0 Å². The minimum absolute atomic E-state index is 0.0808. The predicted molar refractivity (Wildman–Crippen MR) is 324 cm³/mol. The van der Waals surface area contributed by atoms with Crippen LogP contribution >= 0.6 is 0 Å². The number of esters is 1. The minimum atomic E-state index is -1.62. The first-order valence-electron chi connectivity index (χ1n) is 32.2. The lowest BCUT2D eigenvalue weighted by atomic mass is 9.99. The first kappa shape index (κ1) is 73.1. The van der Waals surface area contributed by atoms with Crippen molar-refractivity contribution in [3.63, 3.8) is 0 Å². The molecule has 0 aliphatic carbocycles. The number of aliphatic hydroxyl groups is 5. The Labute approximate surface area is 477 Å².